The van der Waals surface area contributed by atoms with E-state index in [1.54, 1.807) is 24.5 Å². The van der Waals surface area contributed by atoms with E-state index in [2.05, 4.69) is 10.1 Å². The summed E-state index contributed by atoms with van der Waals surface area (Å²) in [7, 11) is 0. The molecule has 0 amide bonds. The van der Waals surface area contributed by atoms with Crippen LogP contribution < -0.4 is 5.73 Å². The second-order valence-corrected chi connectivity index (χ2v) is 4.78. The molecular weight excluding hydrogens is 265 g/mol. The van der Waals surface area contributed by atoms with Crippen LogP contribution in [0.2, 0.25) is 0 Å². The zero-order valence-electron chi connectivity index (χ0n) is 9.95. The van der Waals surface area contributed by atoms with E-state index in [9.17, 15) is 4.39 Å². The van der Waals surface area contributed by atoms with E-state index in [4.69, 9.17) is 10.9 Å². The van der Waals surface area contributed by atoms with Crippen LogP contribution >= 0.6 is 11.8 Å². The van der Waals surface area contributed by atoms with E-state index < -0.39 is 5.82 Å². The van der Waals surface area contributed by atoms with Gasteiger partial charge < -0.3 is 10.9 Å². The number of aromatic nitrogens is 1. The minimum absolute atomic E-state index is 0.107. The molecule has 0 unspecified atom stereocenters. The Morgan fingerprint density at radius 2 is 2.05 bits per heavy atom. The highest BCUT2D eigenvalue weighted by atomic mass is 32.2. The molecule has 1 aromatic heterocycles. The quantitative estimate of drug-likeness (QED) is 0.296. The Labute approximate surface area is 114 Å². The molecule has 4 nitrogen and oxygen atoms in total. The lowest BCUT2D eigenvalue weighted by atomic mass is 10.1. The highest BCUT2D eigenvalue weighted by Crippen LogP contribution is 2.24. The zero-order valence-corrected chi connectivity index (χ0v) is 10.8. The van der Waals surface area contributed by atoms with Crippen LogP contribution in [0.5, 0.6) is 0 Å². The highest BCUT2D eigenvalue weighted by molar-refractivity contribution is 7.98. The lowest BCUT2D eigenvalue weighted by Crippen LogP contribution is -2.15. The van der Waals surface area contributed by atoms with Crippen molar-refractivity contribution in [1.82, 2.24) is 4.98 Å². The van der Waals surface area contributed by atoms with Gasteiger partial charge in [-0.05, 0) is 23.8 Å². The summed E-state index contributed by atoms with van der Waals surface area (Å²) in [5, 5.41) is 11.4. The Kier molecular flexibility index (Phi) is 4.35. The maximum Gasteiger partial charge on any atom is 0.173 e. The second-order valence-electron chi connectivity index (χ2n) is 3.74. The van der Waals surface area contributed by atoms with Crippen molar-refractivity contribution in [2.45, 2.75) is 10.6 Å². The van der Waals surface area contributed by atoms with Gasteiger partial charge in [-0.25, -0.2) is 4.39 Å². The third-order valence-corrected chi connectivity index (χ3v) is 3.57. The Bertz CT molecular complexity index is 590. The topological polar surface area (TPSA) is 71.5 Å². The van der Waals surface area contributed by atoms with Gasteiger partial charge in [-0.1, -0.05) is 17.3 Å². The van der Waals surface area contributed by atoms with Gasteiger partial charge in [0.05, 0.1) is 5.56 Å². The molecule has 1 heterocycles. The molecule has 0 radical (unpaired) electrons. The van der Waals surface area contributed by atoms with Crippen molar-refractivity contribution in [3.8, 4) is 0 Å². The van der Waals surface area contributed by atoms with Crippen molar-refractivity contribution in [3.05, 3.63) is 59.7 Å². The zero-order chi connectivity index (χ0) is 13.7. The minimum atomic E-state index is -0.459. The van der Waals surface area contributed by atoms with Crippen LogP contribution in [0.25, 0.3) is 0 Å². The van der Waals surface area contributed by atoms with Gasteiger partial charge in [0, 0.05) is 23.0 Å². The van der Waals surface area contributed by atoms with Crippen LogP contribution in [-0.2, 0) is 5.75 Å². The van der Waals surface area contributed by atoms with Crippen molar-refractivity contribution in [2.24, 2.45) is 10.9 Å². The number of oxime groups is 1. The minimum Gasteiger partial charge on any atom is -0.409 e. The van der Waals surface area contributed by atoms with E-state index in [1.165, 1.54) is 17.8 Å². The molecule has 0 fully saturated rings. The summed E-state index contributed by atoms with van der Waals surface area (Å²) >= 11 is 1.49. The summed E-state index contributed by atoms with van der Waals surface area (Å²) in [6, 6.07) is 8.55. The lowest BCUT2D eigenvalue weighted by Gasteiger charge is -2.07. The largest absolute Gasteiger partial charge is 0.409 e. The molecule has 0 saturated heterocycles. The first-order valence-electron chi connectivity index (χ1n) is 5.50. The van der Waals surface area contributed by atoms with Gasteiger partial charge >= 0.3 is 0 Å². The Hall–Kier alpha value is -2.08. The molecule has 19 heavy (non-hydrogen) atoms. The lowest BCUT2D eigenvalue weighted by molar-refractivity contribution is 0.318. The summed E-state index contributed by atoms with van der Waals surface area (Å²) < 4.78 is 14.1. The molecule has 0 aliphatic carbocycles. The van der Waals surface area contributed by atoms with Gasteiger partial charge in [-0.15, -0.1) is 11.8 Å². The first-order chi connectivity index (χ1) is 9.22. The molecule has 0 spiro atoms. The molecule has 0 bridgehead atoms. The number of nitrogens with two attached hydrogens (primary N) is 1. The monoisotopic (exact) mass is 277 g/mol. The molecule has 1 aromatic carbocycles. The maximum absolute atomic E-state index is 14.1. The summed E-state index contributed by atoms with van der Waals surface area (Å²) in [6.45, 7) is 0. The third-order valence-electron chi connectivity index (χ3n) is 2.51. The number of benzene rings is 1. The Morgan fingerprint density at radius 3 is 2.74 bits per heavy atom. The van der Waals surface area contributed by atoms with Crippen molar-refractivity contribution >= 4 is 17.6 Å². The number of halogens is 1. The van der Waals surface area contributed by atoms with Crippen LogP contribution in [0.1, 0.15) is 11.1 Å². The smallest absolute Gasteiger partial charge is 0.173 e. The third kappa shape index (κ3) is 3.23. The number of pyridine rings is 1. The van der Waals surface area contributed by atoms with Gasteiger partial charge in [0.1, 0.15) is 5.82 Å². The van der Waals surface area contributed by atoms with Gasteiger partial charge in [-0.2, -0.15) is 0 Å². The van der Waals surface area contributed by atoms with Crippen LogP contribution in [0.3, 0.4) is 0 Å². The van der Waals surface area contributed by atoms with Crippen LogP contribution in [0, 0.1) is 5.82 Å². The summed E-state index contributed by atoms with van der Waals surface area (Å²) in [4.78, 5) is 4.92. The first kappa shape index (κ1) is 13.4. The van der Waals surface area contributed by atoms with Crippen molar-refractivity contribution < 1.29 is 9.60 Å². The molecule has 0 atom stereocenters. The van der Waals surface area contributed by atoms with Crippen LogP contribution in [0.15, 0.2) is 52.8 Å². The molecule has 0 saturated carbocycles. The van der Waals surface area contributed by atoms with Crippen molar-refractivity contribution in [2.75, 3.05) is 0 Å². The fourth-order valence-electron chi connectivity index (χ4n) is 1.54. The Balaban J connectivity index is 2.17. The number of nitrogens with zero attached hydrogens (tertiary/aromatic N) is 2. The number of hydrogen-bond acceptors (Lipinski definition) is 4. The first-order valence-corrected chi connectivity index (χ1v) is 6.49. The van der Waals surface area contributed by atoms with E-state index in [-0.39, 0.29) is 11.4 Å². The SMILES string of the molecule is N/C(=N/O)c1cccc(CSc2ccncc2)c1F. The van der Waals surface area contributed by atoms with E-state index in [0.29, 0.717) is 11.3 Å². The number of rotatable bonds is 4. The molecule has 3 N–H and O–H groups in total. The summed E-state index contributed by atoms with van der Waals surface area (Å²) in [6.07, 6.45) is 3.37. The molecular formula is C13H12FN3OS. The molecule has 2 rings (SSSR count). The highest BCUT2D eigenvalue weighted by Gasteiger charge is 2.11. The normalized spacial score (nSPS) is 11.5. The molecule has 2 aromatic rings. The van der Waals surface area contributed by atoms with Gasteiger partial charge in [0.2, 0.25) is 0 Å². The van der Waals surface area contributed by atoms with Crippen molar-refractivity contribution in [1.29, 1.82) is 0 Å². The second kappa shape index (κ2) is 6.19. The van der Waals surface area contributed by atoms with Crippen molar-refractivity contribution in [3.63, 3.8) is 0 Å². The molecule has 6 heteroatoms. The van der Waals surface area contributed by atoms with E-state index in [0.717, 1.165) is 4.90 Å². The van der Waals surface area contributed by atoms with Crippen LogP contribution in [-0.4, -0.2) is 16.0 Å². The standard InChI is InChI=1S/C13H12FN3OS/c14-12-9(2-1-3-11(12)13(15)17-18)8-19-10-4-6-16-7-5-10/h1-7,18H,8H2,(H2,15,17). The molecule has 98 valence electrons. The fraction of sp³-hybridized carbons (Fsp3) is 0.0769. The average molecular weight is 277 g/mol. The Morgan fingerprint density at radius 1 is 1.32 bits per heavy atom. The van der Waals surface area contributed by atoms with Gasteiger partial charge in [0.15, 0.2) is 5.84 Å². The predicted octanol–water partition coefficient (Wildman–Crippen LogP) is 2.61. The van der Waals surface area contributed by atoms with E-state index in [1.807, 2.05) is 12.1 Å². The summed E-state index contributed by atoms with van der Waals surface area (Å²) in [5.41, 5.74) is 6.03. The fourth-order valence-corrected chi connectivity index (χ4v) is 2.40. The average Bonchev–Trinajstić information content (AvgIpc) is 2.46. The number of hydrogen-bond donors (Lipinski definition) is 2. The van der Waals surface area contributed by atoms with Gasteiger partial charge in [-0.3, -0.25) is 4.98 Å². The maximum atomic E-state index is 14.1. The van der Waals surface area contributed by atoms with Gasteiger partial charge in [0.25, 0.3) is 0 Å². The molecule has 0 aliphatic rings. The van der Waals surface area contributed by atoms with Crippen LogP contribution in [0.4, 0.5) is 4.39 Å². The summed E-state index contributed by atoms with van der Waals surface area (Å²) in [5.74, 6) is -0.227. The number of amidine groups is 1. The predicted molar refractivity (Wildman–Crippen MR) is 72.7 cm³/mol. The number of thioether (sulfide) groups is 1. The molecule has 0 aliphatic heterocycles. The van der Waals surface area contributed by atoms with E-state index >= 15 is 0 Å².